The molecule has 0 radical (unpaired) electrons. The molecule has 0 unspecified atom stereocenters. The van der Waals surface area contributed by atoms with Crippen LogP contribution >= 0.6 is 34.8 Å². The lowest BCUT2D eigenvalue weighted by Crippen LogP contribution is -2.37. The number of carbonyl (C=O) groups is 1. The van der Waals surface area contributed by atoms with Crippen molar-refractivity contribution >= 4 is 52.1 Å². The molecule has 0 spiro atoms. The zero-order valence-corrected chi connectivity index (χ0v) is 22.8. The molecule has 0 fully saturated rings. The molecule has 1 aliphatic heterocycles. The average Bonchev–Trinajstić information content (AvgIpc) is 3.29. The fourth-order valence-corrected chi connectivity index (χ4v) is 4.89. The number of anilines is 1. The van der Waals surface area contributed by atoms with Crippen LogP contribution in [0.2, 0.25) is 15.1 Å². The molecule has 0 amide bonds. The van der Waals surface area contributed by atoms with E-state index in [-0.39, 0.29) is 12.4 Å². The Morgan fingerprint density at radius 2 is 1.55 bits per heavy atom. The summed E-state index contributed by atoms with van der Waals surface area (Å²) in [4.78, 5) is 14.8. The van der Waals surface area contributed by atoms with Crippen LogP contribution in [0.4, 0.5) is 5.69 Å². The largest absolute Gasteiger partial charge is 0.488 e. The second kappa shape index (κ2) is 11.5. The van der Waals surface area contributed by atoms with Crippen molar-refractivity contribution in [1.82, 2.24) is 4.90 Å². The van der Waals surface area contributed by atoms with Crippen molar-refractivity contribution in [3.05, 3.63) is 129 Å². The molecule has 1 atom stereocenters. The lowest BCUT2D eigenvalue weighted by atomic mass is 10.1. The SMILES string of the molecule is CC(=O)C1=NN(c2ccc(Cl)cc2)[C@@H](c2cc(Cl)ccc2OCc2ccccc2Cl)N1Cc1ccccc1. The van der Waals surface area contributed by atoms with Crippen molar-refractivity contribution in [1.29, 1.82) is 0 Å². The van der Waals surface area contributed by atoms with Gasteiger partial charge in [0.15, 0.2) is 17.8 Å². The van der Waals surface area contributed by atoms with E-state index in [1.165, 1.54) is 6.92 Å². The Labute approximate surface area is 236 Å². The summed E-state index contributed by atoms with van der Waals surface area (Å²) in [5.41, 5.74) is 3.42. The van der Waals surface area contributed by atoms with Gasteiger partial charge in [0.1, 0.15) is 12.4 Å². The topological polar surface area (TPSA) is 45.1 Å². The van der Waals surface area contributed by atoms with Crippen LogP contribution in [-0.2, 0) is 17.9 Å². The minimum absolute atomic E-state index is 0.150. The summed E-state index contributed by atoms with van der Waals surface area (Å²) in [6.45, 7) is 2.23. The van der Waals surface area contributed by atoms with Crippen molar-refractivity contribution in [2.75, 3.05) is 5.01 Å². The highest BCUT2D eigenvalue weighted by Crippen LogP contribution is 2.42. The molecule has 5 nitrogen and oxygen atoms in total. The Kier molecular flexibility index (Phi) is 7.89. The average molecular weight is 565 g/mol. The first-order chi connectivity index (χ1) is 18.4. The van der Waals surface area contributed by atoms with Gasteiger partial charge in [-0.1, -0.05) is 83.3 Å². The minimum Gasteiger partial charge on any atom is -0.488 e. The molecule has 0 saturated carbocycles. The zero-order valence-electron chi connectivity index (χ0n) is 20.5. The summed E-state index contributed by atoms with van der Waals surface area (Å²) in [5, 5.41) is 8.37. The number of hydrogen-bond acceptors (Lipinski definition) is 5. The maximum atomic E-state index is 12.9. The lowest BCUT2D eigenvalue weighted by Gasteiger charge is -2.33. The predicted molar refractivity (Wildman–Crippen MR) is 154 cm³/mol. The van der Waals surface area contributed by atoms with Gasteiger partial charge in [-0.25, -0.2) is 5.01 Å². The Morgan fingerprint density at radius 1 is 0.868 bits per heavy atom. The molecule has 0 aliphatic carbocycles. The van der Waals surface area contributed by atoms with Crippen LogP contribution in [0.25, 0.3) is 0 Å². The maximum Gasteiger partial charge on any atom is 0.196 e. The molecule has 8 heteroatoms. The van der Waals surface area contributed by atoms with Gasteiger partial charge in [-0.05, 0) is 54.1 Å². The highest BCUT2D eigenvalue weighted by molar-refractivity contribution is 6.38. The molecule has 0 saturated heterocycles. The number of ketones is 1. The van der Waals surface area contributed by atoms with Gasteiger partial charge in [0.05, 0.1) is 5.69 Å². The van der Waals surface area contributed by atoms with Gasteiger partial charge in [0, 0.05) is 39.7 Å². The highest BCUT2D eigenvalue weighted by atomic mass is 35.5. The third-order valence-electron chi connectivity index (χ3n) is 6.19. The van der Waals surface area contributed by atoms with Gasteiger partial charge in [0.2, 0.25) is 0 Å². The fourth-order valence-electron chi connectivity index (χ4n) is 4.39. The Hall–Kier alpha value is -3.51. The van der Waals surface area contributed by atoms with E-state index in [9.17, 15) is 4.79 Å². The Morgan fingerprint density at radius 3 is 2.26 bits per heavy atom. The van der Waals surface area contributed by atoms with Crippen LogP contribution < -0.4 is 9.75 Å². The van der Waals surface area contributed by atoms with Crippen molar-refractivity contribution in [3.63, 3.8) is 0 Å². The van der Waals surface area contributed by atoms with E-state index in [0.717, 1.165) is 22.4 Å². The summed E-state index contributed by atoms with van der Waals surface area (Å²) < 4.78 is 6.32. The van der Waals surface area contributed by atoms with Gasteiger partial charge in [-0.2, -0.15) is 0 Å². The number of ether oxygens (including phenoxy) is 1. The molecule has 38 heavy (non-hydrogen) atoms. The standard InChI is InChI=1S/C30H24Cl3N3O2/c1-20(37)29-34-36(25-14-11-23(31)12-15-25)30(35(29)18-21-7-3-2-4-8-21)26-17-24(32)13-16-28(26)38-19-22-9-5-6-10-27(22)33/h2-17,30H,18-19H2,1H3/t30-/m0/s1. The van der Waals surface area contributed by atoms with Crippen LogP contribution in [0.1, 0.15) is 29.8 Å². The fraction of sp³-hybridized carbons (Fsp3) is 0.133. The lowest BCUT2D eigenvalue weighted by molar-refractivity contribution is -0.111. The van der Waals surface area contributed by atoms with Crippen LogP contribution in [0.15, 0.2) is 102 Å². The number of Topliss-reactive ketones (excluding diaryl/α,β-unsaturated/α-hetero) is 1. The van der Waals surface area contributed by atoms with Gasteiger partial charge in [0.25, 0.3) is 0 Å². The van der Waals surface area contributed by atoms with Crippen LogP contribution in [0.3, 0.4) is 0 Å². The van der Waals surface area contributed by atoms with Crippen molar-refractivity contribution in [2.45, 2.75) is 26.2 Å². The van der Waals surface area contributed by atoms with Crippen LogP contribution in [-0.4, -0.2) is 16.5 Å². The predicted octanol–water partition coefficient (Wildman–Crippen LogP) is 8.15. The van der Waals surface area contributed by atoms with Crippen molar-refractivity contribution in [2.24, 2.45) is 5.10 Å². The molecular formula is C30H24Cl3N3O2. The maximum absolute atomic E-state index is 12.9. The third-order valence-corrected chi connectivity index (χ3v) is 7.05. The summed E-state index contributed by atoms with van der Waals surface area (Å²) >= 11 is 19.1. The number of carbonyl (C=O) groups excluding carboxylic acids is 1. The highest BCUT2D eigenvalue weighted by Gasteiger charge is 2.39. The number of amidine groups is 1. The van der Waals surface area contributed by atoms with E-state index in [2.05, 4.69) is 0 Å². The van der Waals surface area contributed by atoms with E-state index < -0.39 is 6.17 Å². The molecule has 1 aliphatic rings. The first-order valence-corrected chi connectivity index (χ1v) is 13.1. The number of rotatable bonds is 8. The first kappa shape index (κ1) is 26.1. The quantitative estimate of drug-likeness (QED) is 0.217. The summed E-state index contributed by atoms with van der Waals surface area (Å²) in [6, 6.07) is 30.3. The second-order valence-corrected chi connectivity index (χ2v) is 10.1. The smallest absolute Gasteiger partial charge is 0.196 e. The first-order valence-electron chi connectivity index (χ1n) is 12.0. The second-order valence-electron chi connectivity index (χ2n) is 8.85. The van der Waals surface area contributed by atoms with E-state index in [4.69, 9.17) is 44.6 Å². The number of nitrogens with zero attached hydrogens (tertiary/aromatic N) is 3. The number of hydrazone groups is 1. The minimum atomic E-state index is -0.518. The molecule has 4 aromatic carbocycles. The zero-order chi connectivity index (χ0) is 26.6. The molecule has 1 heterocycles. The normalized spacial score (nSPS) is 14.9. The molecule has 5 rings (SSSR count). The number of hydrogen-bond donors (Lipinski definition) is 0. The van der Waals surface area contributed by atoms with Gasteiger partial charge in [-0.3, -0.25) is 4.79 Å². The van der Waals surface area contributed by atoms with E-state index in [1.54, 1.807) is 18.2 Å². The van der Waals surface area contributed by atoms with Crippen molar-refractivity contribution < 1.29 is 9.53 Å². The molecular weight excluding hydrogens is 541 g/mol. The Bertz CT molecular complexity index is 1480. The summed E-state index contributed by atoms with van der Waals surface area (Å²) in [5.74, 6) is 0.796. The Balaban J connectivity index is 1.61. The van der Waals surface area contributed by atoms with Crippen molar-refractivity contribution in [3.8, 4) is 5.75 Å². The molecule has 0 N–H and O–H groups in total. The summed E-state index contributed by atoms with van der Waals surface area (Å²) in [7, 11) is 0. The summed E-state index contributed by atoms with van der Waals surface area (Å²) in [6.07, 6.45) is -0.518. The van der Waals surface area contributed by atoms with Gasteiger partial charge in [-0.15, -0.1) is 5.10 Å². The molecule has 0 bridgehead atoms. The van der Waals surface area contributed by atoms with E-state index in [1.807, 2.05) is 88.8 Å². The monoisotopic (exact) mass is 563 g/mol. The molecule has 192 valence electrons. The number of halogens is 3. The van der Waals surface area contributed by atoms with Crippen LogP contribution in [0.5, 0.6) is 5.75 Å². The third kappa shape index (κ3) is 5.65. The molecule has 4 aromatic rings. The molecule has 0 aromatic heterocycles. The van der Waals surface area contributed by atoms with E-state index in [0.29, 0.717) is 33.2 Å². The van der Waals surface area contributed by atoms with Gasteiger partial charge < -0.3 is 9.64 Å². The van der Waals surface area contributed by atoms with Crippen LogP contribution in [0, 0.1) is 0 Å². The van der Waals surface area contributed by atoms with E-state index >= 15 is 0 Å². The number of benzene rings is 4. The van der Waals surface area contributed by atoms with Gasteiger partial charge >= 0.3 is 0 Å².